The Bertz CT molecular complexity index is 981. The van der Waals surface area contributed by atoms with E-state index in [0.717, 1.165) is 30.5 Å². The van der Waals surface area contributed by atoms with Crippen molar-refractivity contribution in [2.75, 3.05) is 11.0 Å². The van der Waals surface area contributed by atoms with E-state index in [1.165, 1.54) is 6.07 Å². The van der Waals surface area contributed by atoms with E-state index in [-0.39, 0.29) is 8.55 Å². The predicted octanol–water partition coefficient (Wildman–Crippen LogP) is 3.62. The summed E-state index contributed by atoms with van der Waals surface area (Å²) in [4.78, 5) is -0.605. The third-order valence-corrected chi connectivity index (χ3v) is 7.56. The minimum atomic E-state index is -4.77. The minimum absolute atomic E-state index is 0.308. The lowest BCUT2D eigenvalue weighted by Crippen LogP contribution is -2.17. The van der Waals surface area contributed by atoms with Crippen LogP contribution >= 0.6 is 22.9 Å². The van der Waals surface area contributed by atoms with Gasteiger partial charge in [0.25, 0.3) is 10.0 Å². The highest BCUT2D eigenvalue weighted by Gasteiger charge is 2.35. The highest BCUT2D eigenvalue weighted by molar-refractivity contribution is 7.94. The number of anilines is 1. The van der Waals surface area contributed by atoms with Crippen molar-refractivity contribution in [2.45, 2.75) is 15.3 Å². The van der Waals surface area contributed by atoms with Crippen molar-refractivity contribution in [3.8, 4) is 0 Å². The molecule has 0 aliphatic heterocycles. The van der Waals surface area contributed by atoms with Gasteiger partial charge in [-0.2, -0.15) is 13.2 Å². The maximum Gasteiger partial charge on any atom is 0.418 e. The molecule has 1 aromatic heterocycles. The summed E-state index contributed by atoms with van der Waals surface area (Å²) in [6.07, 6.45) is -3.91. The number of para-hydroxylation sites is 1. The average Bonchev–Trinajstić information content (AvgIpc) is 2.80. The van der Waals surface area contributed by atoms with Crippen molar-refractivity contribution in [1.82, 2.24) is 0 Å². The first-order valence-electron chi connectivity index (χ1n) is 6.01. The quantitative estimate of drug-likeness (QED) is 0.820. The Labute approximate surface area is 145 Å². The number of rotatable bonds is 4. The van der Waals surface area contributed by atoms with Crippen LogP contribution < -0.4 is 4.72 Å². The zero-order valence-corrected chi connectivity index (χ0v) is 15.0. The zero-order valence-electron chi connectivity index (χ0n) is 11.8. The summed E-state index contributed by atoms with van der Waals surface area (Å²) in [7, 11) is -8.21. The first-order valence-corrected chi connectivity index (χ1v) is 10.6. The summed E-state index contributed by atoms with van der Waals surface area (Å²) >= 11 is 6.25. The van der Waals surface area contributed by atoms with Crippen LogP contribution in [-0.2, 0) is 26.0 Å². The Morgan fingerprint density at radius 1 is 1.12 bits per heavy atom. The van der Waals surface area contributed by atoms with E-state index in [4.69, 9.17) is 11.6 Å². The van der Waals surface area contributed by atoms with E-state index in [1.54, 1.807) is 4.72 Å². The number of benzene rings is 1. The standard InChI is InChI=1S/C12H9ClF3NO4S3/c1-23(18,19)10-6-9(11(13)22-10)24(20,21)17-8-5-3-2-4-7(8)12(14,15)16/h2-6,17H,1H3. The second-order valence-electron chi connectivity index (χ2n) is 4.62. The molecule has 0 aliphatic carbocycles. The van der Waals surface area contributed by atoms with Gasteiger partial charge in [-0.15, -0.1) is 11.3 Å². The molecule has 0 amide bonds. The van der Waals surface area contributed by atoms with Crippen LogP contribution in [0.1, 0.15) is 5.56 Å². The molecule has 0 unspecified atom stereocenters. The molecule has 1 aromatic carbocycles. The zero-order chi connectivity index (χ0) is 18.3. The van der Waals surface area contributed by atoms with Gasteiger partial charge >= 0.3 is 6.18 Å². The van der Waals surface area contributed by atoms with Crippen LogP contribution in [0.2, 0.25) is 4.34 Å². The maximum atomic E-state index is 12.9. The van der Waals surface area contributed by atoms with Gasteiger partial charge in [0, 0.05) is 6.26 Å². The third-order valence-electron chi connectivity index (χ3n) is 2.76. The van der Waals surface area contributed by atoms with Crippen LogP contribution in [0, 0.1) is 0 Å². The molecule has 0 radical (unpaired) electrons. The van der Waals surface area contributed by atoms with Crippen molar-refractivity contribution in [3.05, 3.63) is 40.2 Å². The summed E-state index contributed by atoms with van der Waals surface area (Å²) in [6, 6.07) is 4.80. The van der Waals surface area contributed by atoms with Crippen LogP contribution in [0.25, 0.3) is 0 Å². The smallest absolute Gasteiger partial charge is 0.279 e. The number of alkyl halides is 3. The van der Waals surface area contributed by atoms with Gasteiger partial charge in [-0.3, -0.25) is 4.72 Å². The van der Waals surface area contributed by atoms with Gasteiger partial charge in [0.05, 0.1) is 11.3 Å². The summed E-state index contributed by atoms with van der Waals surface area (Å²) in [5.74, 6) is 0. The van der Waals surface area contributed by atoms with Gasteiger partial charge in [-0.05, 0) is 18.2 Å². The normalized spacial score (nSPS) is 13.0. The Morgan fingerprint density at radius 2 is 1.71 bits per heavy atom. The highest BCUT2D eigenvalue weighted by Crippen LogP contribution is 2.38. The minimum Gasteiger partial charge on any atom is -0.279 e. The molecule has 0 fully saturated rings. The summed E-state index contributed by atoms with van der Waals surface area (Å²) in [5, 5.41) is 0. The topological polar surface area (TPSA) is 80.3 Å². The van der Waals surface area contributed by atoms with Crippen molar-refractivity contribution in [3.63, 3.8) is 0 Å². The average molecular weight is 420 g/mol. The summed E-state index contributed by atoms with van der Waals surface area (Å²) in [6.45, 7) is 0. The van der Waals surface area contributed by atoms with Crippen LogP contribution in [0.5, 0.6) is 0 Å². The number of hydrogen-bond donors (Lipinski definition) is 1. The van der Waals surface area contributed by atoms with E-state index < -0.39 is 42.2 Å². The van der Waals surface area contributed by atoms with Crippen molar-refractivity contribution in [2.24, 2.45) is 0 Å². The van der Waals surface area contributed by atoms with Gasteiger partial charge in [-0.25, -0.2) is 16.8 Å². The first kappa shape index (κ1) is 19.0. The molecule has 5 nitrogen and oxygen atoms in total. The molecule has 2 aromatic rings. The molecular formula is C12H9ClF3NO4S3. The van der Waals surface area contributed by atoms with Gasteiger partial charge in [0.1, 0.15) is 13.4 Å². The lowest BCUT2D eigenvalue weighted by molar-refractivity contribution is -0.136. The Balaban J connectivity index is 2.50. The second kappa shape index (κ2) is 6.21. The van der Waals surface area contributed by atoms with E-state index >= 15 is 0 Å². The Hall–Kier alpha value is -1.30. The molecule has 0 atom stereocenters. The van der Waals surface area contributed by atoms with Crippen LogP contribution in [0.4, 0.5) is 18.9 Å². The first-order chi connectivity index (χ1) is 10.8. The molecule has 0 spiro atoms. The number of halogens is 4. The summed E-state index contributed by atoms with van der Waals surface area (Å²) < 4.78 is 87.4. The van der Waals surface area contributed by atoms with Gasteiger partial charge in [0.15, 0.2) is 9.84 Å². The molecule has 1 heterocycles. The number of hydrogen-bond acceptors (Lipinski definition) is 5. The highest BCUT2D eigenvalue weighted by atomic mass is 35.5. The molecular weight excluding hydrogens is 411 g/mol. The number of thiophene rings is 1. The molecule has 132 valence electrons. The number of sulfone groups is 1. The molecule has 0 bridgehead atoms. The van der Waals surface area contributed by atoms with Crippen molar-refractivity contribution < 1.29 is 30.0 Å². The van der Waals surface area contributed by atoms with Gasteiger partial charge in [-0.1, -0.05) is 23.7 Å². The molecule has 2 rings (SSSR count). The number of sulfonamides is 1. The predicted molar refractivity (Wildman–Crippen MR) is 84.7 cm³/mol. The molecule has 12 heteroatoms. The molecule has 24 heavy (non-hydrogen) atoms. The monoisotopic (exact) mass is 419 g/mol. The largest absolute Gasteiger partial charge is 0.418 e. The van der Waals surface area contributed by atoms with Gasteiger partial charge in [0.2, 0.25) is 0 Å². The maximum absolute atomic E-state index is 12.9. The van der Waals surface area contributed by atoms with E-state index in [1.807, 2.05) is 0 Å². The fourth-order valence-corrected chi connectivity index (χ4v) is 5.83. The lowest BCUT2D eigenvalue weighted by atomic mass is 10.2. The van der Waals surface area contributed by atoms with E-state index in [0.29, 0.717) is 11.3 Å². The van der Waals surface area contributed by atoms with Crippen LogP contribution in [0.3, 0.4) is 0 Å². The van der Waals surface area contributed by atoms with Crippen molar-refractivity contribution >= 4 is 48.5 Å². The van der Waals surface area contributed by atoms with E-state index in [2.05, 4.69) is 0 Å². The van der Waals surface area contributed by atoms with Gasteiger partial charge < -0.3 is 0 Å². The summed E-state index contributed by atoms with van der Waals surface area (Å²) in [5.41, 5.74) is -1.86. The SMILES string of the molecule is CS(=O)(=O)c1cc(S(=O)(=O)Nc2ccccc2C(F)(F)F)c(Cl)s1. The van der Waals surface area contributed by atoms with Crippen LogP contribution in [0.15, 0.2) is 39.4 Å². The van der Waals surface area contributed by atoms with Crippen LogP contribution in [-0.4, -0.2) is 23.1 Å². The Morgan fingerprint density at radius 3 is 2.21 bits per heavy atom. The second-order valence-corrected chi connectivity index (χ2v) is 10.2. The molecule has 0 saturated carbocycles. The lowest BCUT2D eigenvalue weighted by Gasteiger charge is -2.14. The van der Waals surface area contributed by atoms with Crippen molar-refractivity contribution in [1.29, 1.82) is 0 Å². The fourth-order valence-electron chi connectivity index (χ4n) is 1.72. The third kappa shape index (κ3) is 4.02. The van der Waals surface area contributed by atoms with E-state index in [9.17, 15) is 30.0 Å². The fraction of sp³-hybridized carbons (Fsp3) is 0.167. The number of nitrogens with one attached hydrogen (secondary N) is 1. The Kier molecular flexibility index (Phi) is 4.92. The molecule has 0 aliphatic rings. The molecule has 1 N–H and O–H groups in total. The molecule has 0 saturated heterocycles.